The van der Waals surface area contributed by atoms with Crippen LogP contribution in [0.25, 0.3) is 0 Å². The molecule has 0 heterocycles. The number of carbonyl (C=O) groups is 1. The van der Waals surface area contributed by atoms with Gasteiger partial charge in [-0.05, 0) is 26.3 Å². The number of benzene rings is 1. The third-order valence-electron chi connectivity index (χ3n) is 2.73. The van der Waals surface area contributed by atoms with Crippen molar-refractivity contribution in [1.82, 2.24) is 5.32 Å². The highest BCUT2D eigenvalue weighted by Gasteiger charge is 2.18. The summed E-state index contributed by atoms with van der Waals surface area (Å²) in [7, 11) is 0. The van der Waals surface area contributed by atoms with Crippen LogP contribution in [0, 0.1) is 0 Å². The van der Waals surface area contributed by atoms with Gasteiger partial charge < -0.3 is 15.8 Å². The number of amides is 1. The molecule has 1 amide bonds. The highest BCUT2D eigenvalue weighted by Crippen LogP contribution is 2.27. The van der Waals surface area contributed by atoms with E-state index in [1.165, 1.54) is 0 Å². The molecule has 0 bridgehead atoms. The molecule has 2 atom stereocenters. The van der Waals surface area contributed by atoms with E-state index in [0.717, 1.165) is 17.7 Å². The molecule has 5 heteroatoms. The van der Waals surface area contributed by atoms with Gasteiger partial charge in [0.25, 0.3) is 0 Å². The number of rotatable bonds is 6. The Hall–Kier alpha value is -1.26. The van der Waals surface area contributed by atoms with E-state index in [9.17, 15) is 4.79 Å². The van der Waals surface area contributed by atoms with E-state index in [-0.39, 0.29) is 24.4 Å². The molecule has 1 rings (SSSR count). The summed E-state index contributed by atoms with van der Waals surface area (Å²) in [5, 5.41) is 2.94. The fourth-order valence-electron chi connectivity index (χ4n) is 1.76. The first-order valence-corrected chi connectivity index (χ1v) is 6.37. The zero-order valence-electron chi connectivity index (χ0n) is 11.7. The molecule has 108 valence electrons. The maximum atomic E-state index is 11.7. The van der Waals surface area contributed by atoms with E-state index in [4.69, 9.17) is 10.5 Å². The van der Waals surface area contributed by atoms with Crippen molar-refractivity contribution in [1.29, 1.82) is 0 Å². The van der Waals surface area contributed by atoms with Gasteiger partial charge in [-0.1, -0.05) is 25.1 Å². The number of para-hydroxylation sites is 1. The molecule has 0 aliphatic heterocycles. The second-order valence-electron chi connectivity index (χ2n) is 4.23. The quantitative estimate of drug-likeness (QED) is 0.844. The van der Waals surface area contributed by atoms with Crippen molar-refractivity contribution in [3.8, 4) is 5.75 Å². The summed E-state index contributed by atoms with van der Waals surface area (Å²) in [6, 6.07) is 7.19. The predicted molar refractivity (Wildman–Crippen MR) is 79.7 cm³/mol. The zero-order chi connectivity index (χ0) is 13.5. The van der Waals surface area contributed by atoms with Crippen molar-refractivity contribution in [2.24, 2.45) is 5.73 Å². The molecule has 19 heavy (non-hydrogen) atoms. The molecule has 0 aliphatic rings. The molecule has 1 aromatic rings. The highest BCUT2D eigenvalue weighted by molar-refractivity contribution is 5.85. The minimum Gasteiger partial charge on any atom is -0.494 e. The van der Waals surface area contributed by atoms with Gasteiger partial charge in [-0.2, -0.15) is 0 Å². The minimum atomic E-state index is -0.502. The summed E-state index contributed by atoms with van der Waals surface area (Å²) in [5.74, 6) is 0.671. The molecular formula is C14H23ClN2O2. The lowest BCUT2D eigenvalue weighted by Gasteiger charge is -2.21. The zero-order valence-corrected chi connectivity index (χ0v) is 12.5. The second-order valence-corrected chi connectivity index (χ2v) is 4.23. The molecule has 0 saturated carbocycles. The third kappa shape index (κ3) is 5.09. The standard InChI is InChI=1S/C14H22N2O2.ClH/c1-4-12(16-14(17)10(3)15)11-8-6-7-9-13(11)18-5-2;/h6-10,12H,4-5,15H2,1-3H3,(H,16,17);1H/t10-,12?;/m1./s1. The first-order chi connectivity index (χ1) is 8.60. The highest BCUT2D eigenvalue weighted by atomic mass is 35.5. The summed E-state index contributed by atoms with van der Waals surface area (Å²) in [6.07, 6.45) is 0.794. The van der Waals surface area contributed by atoms with Crippen LogP contribution < -0.4 is 15.8 Å². The van der Waals surface area contributed by atoms with Gasteiger partial charge in [0.2, 0.25) is 5.91 Å². The van der Waals surface area contributed by atoms with Crippen molar-refractivity contribution in [3.63, 3.8) is 0 Å². The van der Waals surface area contributed by atoms with Crippen LogP contribution in [0.5, 0.6) is 5.75 Å². The molecular weight excluding hydrogens is 264 g/mol. The first-order valence-electron chi connectivity index (χ1n) is 6.37. The van der Waals surface area contributed by atoms with Crippen molar-refractivity contribution in [2.75, 3.05) is 6.61 Å². The Balaban J connectivity index is 0.00000324. The van der Waals surface area contributed by atoms with E-state index < -0.39 is 6.04 Å². The number of ether oxygens (including phenoxy) is 1. The molecule has 3 N–H and O–H groups in total. The molecule has 0 radical (unpaired) electrons. The van der Waals surface area contributed by atoms with Gasteiger partial charge >= 0.3 is 0 Å². The molecule has 0 aliphatic carbocycles. The SMILES string of the molecule is CCOc1ccccc1C(CC)NC(=O)[C@@H](C)N.Cl. The number of carbonyl (C=O) groups excluding carboxylic acids is 1. The molecule has 1 aromatic carbocycles. The van der Waals surface area contributed by atoms with Crippen LogP contribution in [0.15, 0.2) is 24.3 Å². The van der Waals surface area contributed by atoms with Crippen molar-refractivity contribution < 1.29 is 9.53 Å². The summed E-state index contributed by atoms with van der Waals surface area (Å²) in [6.45, 7) is 6.25. The van der Waals surface area contributed by atoms with E-state index in [1.807, 2.05) is 38.1 Å². The number of halogens is 1. The van der Waals surface area contributed by atoms with Crippen LogP contribution >= 0.6 is 12.4 Å². The van der Waals surface area contributed by atoms with Crippen LogP contribution in [-0.4, -0.2) is 18.6 Å². The average molecular weight is 287 g/mol. The maximum Gasteiger partial charge on any atom is 0.237 e. The lowest BCUT2D eigenvalue weighted by atomic mass is 10.0. The lowest BCUT2D eigenvalue weighted by Crippen LogP contribution is -2.40. The van der Waals surface area contributed by atoms with Crippen LogP contribution in [0.3, 0.4) is 0 Å². The van der Waals surface area contributed by atoms with Gasteiger partial charge in [0.05, 0.1) is 18.7 Å². The van der Waals surface area contributed by atoms with Gasteiger partial charge in [0.1, 0.15) is 5.75 Å². The Bertz CT molecular complexity index is 397. The summed E-state index contributed by atoms with van der Waals surface area (Å²) >= 11 is 0. The Labute approximate surface area is 121 Å². The minimum absolute atomic E-state index is 0. The average Bonchev–Trinajstić information content (AvgIpc) is 2.37. The molecule has 4 nitrogen and oxygen atoms in total. The Morgan fingerprint density at radius 1 is 1.37 bits per heavy atom. The fraction of sp³-hybridized carbons (Fsp3) is 0.500. The molecule has 0 aromatic heterocycles. The van der Waals surface area contributed by atoms with Gasteiger partial charge in [-0.15, -0.1) is 12.4 Å². The molecule has 0 spiro atoms. The van der Waals surface area contributed by atoms with E-state index in [0.29, 0.717) is 6.61 Å². The van der Waals surface area contributed by atoms with Gasteiger partial charge in [-0.3, -0.25) is 4.79 Å². The van der Waals surface area contributed by atoms with Crippen LogP contribution in [-0.2, 0) is 4.79 Å². The predicted octanol–water partition coefficient (Wildman–Crippen LogP) is 2.42. The van der Waals surface area contributed by atoms with Crippen molar-refractivity contribution in [3.05, 3.63) is 29.8 Å². The van der Waals surface area contributed by atoms with E-state index in [1.54, 1.807) is 6.92 Å². The molecule has 0 saturated heterocycles. The normalized spacial score (nSPS) is 13.1. The summed E-state index contributed by atoms with van der Waals surface area (Å²) in [4.78, 5) is 11.7. The largest absolute Gasteiger partial charge is 0.494 e. The van der Waals surface area contributed by atoms with Gasteiger partial charge in [-0.25, -0.2) is 0 Å². The van der Waals surface area contributed by atoms with Crippen molar-refractivity contribution in [2.45, 2.75) is 39.3 Å². The monoisotopic (exact) mass is 286 g/mol. The number of nitrogens with two attached hydrogens (primary N) is 1. The summed E-state index contributed by atoms with van der Waals surface area (Å²) < 4.78 is 5.58. The topological polar surface area (TPSA) is 64.3 Å². The fourth-order valence-corrected chi connectivity index (χ4v) is 1.76. The van der Waals surface area contributed by atoms with E-state index >= 15 is 0 Å². The summed E-state index contributed by atoms with van der Waals surface area (Å²) in [5.41, 5.74) is 6.57. The Kier molecular flexibility index (Phi) is 8.19. The smallest absolute Gasteiger partial charge is 0.237 e. The Morgan fingerprint density at radius 2 is 2.00 bits per heavy atom. The lowest BCUT2D eigenvalue weighted by molar-refractivity contribution is -0.122. The number of hydrogen-bond donors (Lipinski definition) is 2. The number of nitrogens with one attached hydrogen (secondary N) is 1. The van der Waals surface area contributed by atoms with Crippen LogP contribution in [0.4, 0.5) is 0 Å². The Morgan fingerprint density at radius 3 is 2.53 bits per heavy atom. The molecule has 1 unspecified atom stereocenters. The maximum absolute atomic E-state index is 11.7. The van der Waals surface area contributed by atoms with Gasteiger partial charge in [0.15, 0.2) is 0 Å². The van der Waals surface area contributed by atoms with Gasteiger partial charge in [0, 0.05) is 5.56 Å². The molecule has 0 fully saturated rings. The first kappa shape index (κ1) is 17.7. The van der Waals surface area contributed by atoms with E-state index in [2.05, 4.69) is 5.32 Å². The van der Waals surface area contributed by atoms with Crippen molar-refractivity contribution >= 4 is 18.3 Å². The second kappa shape index (κ2) is 8.77. The third-order valence-corrected chi connectivity index (χ3v) is 2.73. The van der Waals surface area contributed by atoms with Crippen LogP contribution in [0.1, 0.15) is 38.8 Å². The van der Waals surface area contributed by atoms with Crippen LogP contribution in [0.2, 0.25) is 0 Å². The number of hydrogen-bond acceptors (Lipinski definition) is 3.